The molecule has 3 atom stereocenters. The van der Waals surface area contributed by atoms with E-state index < -0.39 is 0 Å². The fraction of sp³-hybridized carbons (Fsp3) is 0.588. The highest BCUT2D eigenvalue weighted by atomic mass is 16.3. The number of benzene rings is 1. The van der Waals surface area contributed by atoms with Gasteiger partial charge in [0.25, 0.3) is 0 Å². The van der Waals surface area contributed by atoms with Gasteiger partial charge in [-0.25, -0.2) is 0 Å². The highest BCUT2D eigenvalue weighted by Crippen LogP contribution is 2.36. The second-order valence-corrected chi connectivity index (χ2v) is 6.66. The molecular formula is C17H22N2O2. The number of aliphatic hydroxyl groups is 1. The highest BCUT2D eigenvalue weighted by Gasteiger charge is 2.44. The molecule has 21 heavy (non-hydrogen) atoms. The van der Waals surface area contributed by atoms with Gasteiger partial charge in [-0.15, -0.1) is 0 Å². The predicted octanol–water partition coefficient (Wildman–Crippen LogP) is 1.22. The summed E-state index contributed by atoms with van der Waals surface area (Å²) in [4.78, 5) is 15.0. The van der Waals surface area contributed by atoms with Crippen LogP contribution in [-0.2, 0) is 17.8 Å². The molecular weight excluding hydrogens is 264 g/mol. The van der Waals surface area contributed by atoms with Gasteiger partial charge in [-0.1, -0.05) is 24.3 Å². The summed E-state index contributed by atoms with van der Waals surface area (Å²) < 4.78 is 0. The lowest BCUT2D eigenvalue weighted by molar-refractivity contribution is -0.139. The summed E-state index contributed by atoms with van der Waals surface area (Å²) in [6, 6.07) is 8.77. The highest BCUT2D eigenvalue weighted by molar-refractivity contribution is 5.83. The van der Waals surface area contributed by atoms with Crippen molar-refractivity contribution in [3.8, 4) is 0 Å². The Morgan fingerprint density at radius 1 is 1.14 bits per heavy atom. The number of fused-ring (bicyclic) bond motifs is 3. The van der Waals surface area contributed by atoms with Crippen LogP contribution in [0.1, 0.15) is 36.8 Å². The lowest BCUT2D eigenvalue weighted by atomic mass is 9.93. The van der Waals surface area contributed by atoms with E-state index in [2.05, 4.69) is 28.4 Å². The summed E-state index contributed by atoms with van der Waals surface area (Å²) in [6.07, 6.45) is 4.18. The number of piperidine rings is 1. The standard InChI is InChI=1S/C17H22N2O2/c20-15-8-13-5-6-14(9-15)19(13)17(21)16-7-11-3-1-2-4-12(11)10-18-16/h1-4,13-16,18,20H,5-10H2. The molecule has 3 heterocycles. The molecule has 3 unspecified atom stereocenters. The van der Waals surface area contributed by atoms with Crippen LogP contribution in [0.25, 0.3) is 0 Å². The number of nitrogens with zero attached hydrogens (tertiary/aromatic N) is 1. The van der Waals surface area contributed by atoms with Gasteiger partial charge in [-0.2, -0.15) is 0 Å². The lowest BCUT2D eigenvalue weighted by Gasteiger charge is -2.40. The Morgan fingerprint density at radius 2 is 1.81 bits per heavy atom. The van der Waals surface area contributed by atoms with Crippen LogP contribution in [0.3, 0.4) is 0 Å². The number of rotatable bonds is 1. The number of hydrogen-bond acceptors (Lipinski definition) is 3. The van der Waals surface area contributed by atoms with Gasteiger partial charge in [-0.05, 0) is 43.2 Å². The molecule has 0 saturated carbocycles. The zero-order chi connectivity index (χ0) is 14.4. The largest absolute Gasteiger partial charge is 0.393 e. The first-order chi connectivity index (χ1) is 10.2. The minimum Gasteiger partial charge on any atom is -0.393 e. The van der Waals surface area contributed by atoms with E-state index in [0.29, 0.717) is 0 Å². The maximum atomic E-state index is 12.9. The zero-order valence-electron chi connectivity index (χ0n) is 12.2. The van der Waals surface area contributed by atoms with E-state index in [4.69, 9.17) is 0 Å². The second kappa shape index (κ2) is 5.11. The van der Waals surface area contributed by atoms with Crippen LogP contribution in [0.15, 0.2) is 24.3 Å². The minimum absolute atomic E-state index is 0.0988. The van der Waals surface area contributed by atoms with Crippen LogP contribution in [0.5, 0.6) is 0 Å². The van der Waals surface area contributed by atoms with Gasteiger partial charge < -0.3 is 15.3 Å². The summed E-state index contributed by atoms with van der Waals surface area (Å²) in [7, 11) is 0. The molecule has 4 rings (SSSR count). The summed E-state index contributed by atoms with van der Waals surface area (Å²) in [5.41, 5.74) is 2.59. The Labute approximate surface area is 125 Å². The van der Waals surface area contributed by atoms with Crippen molar-refractivity contribution in [2.45, 2.75) is 62.9 Å². The van der Waals surface area contributed by atoms with Crippen LogP contribution in [0, 0.1) is 0 Å². The van der Waals surface area contributed by atoms with Crippen LogP contribution in [0.4, 0.5) is 0 Å². The van der Waals surface area contributed by atoms with Crippen LogP contribution in [0.2, 0.25) is 0 Å². The number of hydrogen-bond donors (Lipinski definition) is 2. The monoisotopic (exact) mass is 286 g/mol. The van der Waals surface area contributed by atoms with Gasteiger partial charge in [0.05, 0.1) is 12.1 Å². The Bertz CT molecular complexity index is 545. The van der Waals surface area contributed by atoms with Crippen molar-refractivity contribution >= 4 is 5.91 Å². The first-order valence-corrected chi connectivity index (χ1v) is 8.03. The topological polar surface area (TPSA) is 52.6 Å². The molecule has 3 aliphatic heterocycles. The van der Waals surface area contributed by atoms with Crippen molar-refractivity contribution in [1.82, 2.24) is 10.2 Å². The molecule has 0 aromatic heterocycles. The van der Waals surface area contributed by atoms with Crippen LogP contribution >= 0.6 is 0 Å². The third-order valence-electron chi connectivity index (χ3n) is 5.34. The molecule has 3 aliphatic rings. The number of nitrogens with one attached hydrogen (secondary N) is 1. The average molecular weight is 286 g/mol. The first kappa shape index (κ1) is 13.3. The molecule has 1 amide bonds. The third kappa shape index (κ3) is 2.27. The fourth-order valence-electron chi connectivity index (χ4n) is 4.32. The number of carbonyl (C=O) groups is 1. The lowest BCUT2D eigenvalue weighted by Crippen LogP contribution is -2.56. The van der Waals surface area contributed by atoms with Crippen molar-refractivity contribution in [3.05, 3.63) is 35.4 Å². The van der Waals surface area contributed by atoms with Crippen molar-refractivity contribution in [3.63, 3.8) is 0 Å². The van der Waals surface area contributed by atoms with Gasteiger partial charge in [0.1, 0.15) is 0 Å². The van der Waals surface area contributed by atoms with Crippen molar-refractivity contribution in [2.75, 3.05) is 0 Å². The van der Waals surface area contributed by atoms with E-state index in [1.165, 1.54) is 11.1 Å². The second-order valence-electron chi connectivity index (χ2n) is 6.66. The summed E-state index contributed by atoms with van der Waals surface area (Å²) in [5, 5.41) is 13.3. The molecule has 0 aliphatic carbocycles. The number of amides is 1. The SMILES string of the molecule is O=C(C1Cc2ccccc2CN1)N1C2CCC1CC(O)C2. The molecule has 112 valence electrons. The van der Waals surface area contributed by atoms with Gasteiger partial charge in [0, 0.05) is 18.6 Å². The minimum atomic E-state index is -0.216. The van der Waals surface area contributed by atoms with E-state index in [-0.39, 0.29) is 30.1 Å². The zero-order valence-corrected chi connectivity index (χ0v) is 12.2. The van der Waals surface area contributed by atoms with Gasteiger partial charge in [-0.3, -0.25) is 4.79 Å². The predicted molar refractivity (Wildman–Crippen MR) is 79.7 cm³/mol. The third-order valence-corrected chi connectivity index (χ3v) is 5.34. The van der Waals surface area contributed by atoms with Gasteiger partial charge in [0.2, 0.25) is 5.91 Å². The van der Waals surface area contributed by atoms with Gasteiger partial charge >= 0.3 is 0 Å². The normalized spacial score (nSPS) is 34.6. The summed E-state index contributed by atoms with van der Waals surface area (Å²) in [5.74, 6) is 0.240. The smallest absolute Gasteiger partial charge is 0.240 e. The average Bonchev–Trinajstić information content (AvgIpc) is 2.78. The van der Waals surface area contributed by atoms with Crippen molar-refractivity contribution in [1.29, 1.82) is 0 Å². The molecule has 1 aromatic rings. The van der Waals surface area contributed by atoms with Gasteiger partial charge in [0.15, 0.2) is 0 Å². The molecule has 1 aromatic carbocycles. The maximum Gasteiger partial charge on any atom is 0.240 e. The Hall–Kier alpha value is -1.39. The molecule has 4 nitrogen and oxygen atoms in total. The molecule has 4 heteroatoms. The molecule has 2 saturated heterocycles. The molecule has 0 spiro atoms. The molecule has 2 fully saturated rings. The Kier molecular flexibility index (Phi) is 3.23. The van der Waals surface area contributed by atoms with E-state index in [0.717, 1.165) is 38.6 Å². The van der Waals surface area contributed by atoms with E-state index in [1.807, 2.05) is 6.07 Å². The summed E-state index contributed by atoms with van der Waals surface area (Å²) in [6.45, 7) is 0.776. The van der Waals surface area contributed by atoms with E-state index in [9.17, 15) is 9.90 Å². The summed E-state index contributed by atoms with van der Waals surface area (Å²) >= 11 is 0. The van der Waals surface area contributed by atoms with Crippen molar-refractivity contribution in [2.24, 2.45) is 0 Å². The van der Waals surface area contributed by atoms with Crippen molar-refractivity contribution < 1.29 is 9.90 Å². The Morgan fingerprint density at radius 3 is 2.52 bits per heavy atom. The van der Waals surface area contributed by atoms with Crippen LogP contribution < -0.4 is 5.32 Å². The number of carbonyl (C=O) groups excluding carboxylic acids is 1. The Balaban J connectivity index is 1.52. The first-order valence-electron chi connectivity index (χ1n) is 8.03. The van der Waals surface area contributed by atoms with E-state index in [1.54, 1.807) is 0 Å². The fourth-order valence-corrected chi connectivity index (χ4v) is 4.32. The maximum absolute atomic E-state index is 12.9. The van der Waals surface area contributed by atoms with E-state index >= 15 is 0 Å². The molecule has 2 bridgehead atoms. The van der Waals surface area contributed by atoms with Crippen LogP contribution in [-0.4, -0.2) is 40.1 Å². The number of aliphatic hydroxyl groups excluding tert-OH is 1. The molecule has 0 radical (unpaired) electrons. The quantitative estimate of drug-likeness (QED) is 0.816. The molecule has 2 N–H and O–H groups in total.